The molecule has 1 fully saturated rings. The number of carbonyl (C=O) groups excluding carboxylic acids is 1. The quantitative estimate of drug-likeness (QED) is 0.398. The number of thiophene rings is 1. The Bertz CT molecular complexity index is 1510. The Morgan fingerprint density at radius 1 is 1.17 bits per heavy atom. The maximum atomic E-state index is 13.0. The lowest BCUT2D eigenvalue weighted by Crippen LogP contribution is -2.57. The van der Waals surface area contributed by atoms with Crippen LogP contribution in [-0.2, 0) is 11.3 Å². The summed E-state index contributed by atoms with van der Waals surface area (Å²) in [6, 6.07) is 16.3. The molecule has 0 bridgehead atoms. The van der Waals surface area contributed by atoms with Crippen LogP contribution in [0.25, 0.3) is 26.8 Å². The number of aryl methyl sites for hydroxylation is 1. The highest BCUT2D eigenvalue weighted by Gasteiger charge is 2.27. The summed E-state index contributed by atoms with van der Waals surface area (Å²) in [6.07, 6.45) is 3.51. The van der Waals surface area contributed by atoms with Gasteiger partial charge in [-0.3, -0.25) is 4.79 Å². The Morgan fingerprint density at radius 3 is 2.94 bits per heavy atom. The zero-order chi connectivity index (χ0) is 23.8. The van der Waals surface area contributed by atoms with Gasteiger partial charge in [-0.1, -0.05) is 23.8 Å². The van der Waals surface area contributed by atoms with Crippen molar-refractivity contribution in [2.45, 2.75) is 19.5 Å². The molecule has 35 heavy (non-hydrogen) atoms. The van der Waals surface area contributed by atoms with Crippen molar-refractivity contribution in [2.24, 2.45) is 0 Å². The predicted octanol–water partition coefficient (Wildman–Crippen LogP) is 3.43. The van der Waals surface area contributed by atoms with Crippen molar-refractivity contribution in [3.63, 3.8) is 0 Å². The van der Waals surface area contributed by atoms with Crippen LogP contribution >= 0.6 is 11.3 Å². The molecule has 176 valence electrons. The second-order valence-corrected chi connectivity index (χ2v) is 9.75. The number of hydrogen-bond donors (Lipinski definition) is 2. The number of rotatable bonds is 5. The number of anilines is 1. The van der Waals surface area contributed by atoms with Gasteiger partial charge in [0.1, 0.15) is 18.2 Å². The van der Waals surface area contributed by atoms with Crippen LogP contribution in [0.2, 0.25) is 0 Å². The minimum atomic E-state index is -0.328. The number of nitrogens with zero attached hydrogens (tertiary/aromatic N) is 5. The number of aromatic nitrogens is 4. The first-order valence-corrected chi connectivity index (χ1v) is 12.5. The van der Waals surface area contributed by atoms with Gasteiger partial charge in [-0.15, -0.1) is 16.4 Å². The first kappa shape index (κ1) is 21.7. The molecule has 0 saturated carbocycles. The Morgan fingerprint density at radius 2 is 2.06 bits per heavy atom. The molecule has 0 spiro atoms. The fourth-order valence-electron chi connectivity index (χ4n) is 4.46. The summed E-state index contributed by atoms with van der Waals surface area (Å²) in [4.78, 5) is 24.1. The summed E-state index contributed by atoms with van der Waals surface area (Å²) in [7, 11) is 0. The number of nitrogens with one attached hydrogen (secondary N) is 2. The Kier molecular flexibility index (Phi) is 5.63. The van der Waals surface area contributed by atoms with Crippen LogP contribution in [0, 0.1) is 6.92 Å². The van der Waals surface area contributed by atoms with Crippen molar-refractivity contribution >= 4 is 44.2 Å². The van der Waals surface area contributed by atoms with Gasteiger partial charge in [0.2, 0.25) is 5.91 Å². The Hall–Kier alpha value is -3.82. The number of fused-ring (bicyclic) bond motifs is 2. The van der Waals surface area contributed by atoms with Crippen LogP contribution in [-0.4, -0.2) is 51.3 Å². The SMILES string of the molecule is Cc1ccc(-n2cc3c(N4CCN[C@@H](C(=O)NCc5ccc6sccc6c5)C4)ncnc3n2)cc1. The number of carbonyl (C=O) groups is 1. The van der Waals surface area contributed by atoms with Crippen LogP contribution in [0.1, 0.15) is 11.1 Å². The van der Waals surface area contributed by atoms with Gasteiger partial charge >= 0.3 is 0 Å². The molecule has 2 N–H and O–H groups in total. The number of benzene rings is 2. The van der Waals surface area contributed by atoms with Crippen molar-refractivity contribution in [1.29, 1.82) is 0 Å². The summed E-state index contributed by atoms with van der Waals surface area (Å²) in [6.45, 7) is 4.53. The van der Waals surface area contributed by atoms with Gasteiger partial charge in [-0.05, 0) is 53.6 Å². The third kappa shape index (κ3) is 4.36. The smallest absolute Gasteiger partial charge is 0.239 e. The molecule has 1 aliphatic rings. The summed E-state index contributed by atoms with van der Waals surface area (Å²) in [5.41, 5.74) is 3.90. The lowest BCUT2D eigenvalue weighted by molar-refractivity contribution is -0.123. The lowest BCUT2D eigenvalue weighted by Gasteiger charge is -2.33. The van der Waals surface area contributed by atoms with Gasteiger partial charge in [0.25, 0.3) is 0 Å². The third-order valence-electron chi connectivity index (χ3n) is 6.37. The normalized spacial score (nSPS) is 16.1. The van der Waals surface area contributed by atoms with Crippen molar-refractivity contribution in [3.8, 4) is 5.69 Å². The van der Waals surface area contributed by atoms with Crippen LogP contribution in [0.5, 0.6) is 0 Å². The van der Waals surface area contributed by atoms with E-state index in [4.69, 9.17) is 0 Å². The highest BCUT2D eigenvalue weighted by atomic mass is 32.1. The number of hydrogen-bond acceptors (Lipinski definition) is 7. The predicted molar refractivity (Wildman–Crippen MR) is 139 cm³/mol. The zero-order valence-electron chi connectivity index (χ0n) is 19.3. The second kappa shape index (κ2) is 9.09. The van der Waals surface area contributed by atoms with Gasteiger partial charge in [0.05, 0.1) is 11.1 Å². The van der Waals surface area contributed by atoms with Crippen LogP contribution < -0.4 is 15.5 Å². The highest BCUT2D eigenvalue weighted by Crippen LogP contribution is 2.25. The fourth-order valence-corrected chi connectivity index (χ4v) is 5.23. The maximum absolute atomic E-state index is 13.0. The van der Waals surface area contributed by atoms with Gasteiger partial charge in [0, 0.05) is 37.1 Å². The first-order valence-electron chi connectivity index (χ1n) is 11.6. The van der Waals surface area contributed by atoms with E-state index in [9.17, 15) is 4.79 Å². The molecule has 6 rings (SSSR count). The maximum Gasteiger partial charge on any atom is 0.239 e. The summed E-state index contributed by atoms with van der Waals surface area (Å²) < 4.78 is 3.09. The number of piperazine rings is 1. The molecule has 1 saturated heterocycles. The molecule has 0 radical (unpaired) electrons. The van der Waals surface area contributed by atoms with Crippen molar-refractivity contribution in [3.05, 3.63) is 77.6 Å². The molecule has 1 aliphatic heterocycles. The van der Waals surface area contributed by atoms with Crippen molar-refractivity contribution in [1.82, 2.24) is 30.4 Å². The molecule has 1 amide bonds. The zero-order valence-corrected chi connectivity index (χ0v) is 20.1. The minimum absolute atomic E-state index is 0.0132. The van der Waals surface area contributed by atoms with Gasteiger partial charge in [-0.2, -0.15) is 0 Å². The van der Waals surface area contributed by atoms with Crippen LogP contribution in [0.4, 0.5) is 5.82 Å². The highest BCUT2D eigenvalue weighted by molar-refractivity contribution is 7.17. The topological polar surface area (TPSA) is 88.0 Å². The van der Waals surface area contributed by atoms with Crippen LogP contribution in [0.15, 0.2) is 66.4 Å². The number of amides is 1. The van der Waals surface area contributed by atoms with Gasteiger partial charge < -0.3 is 15.5 Å². The fraction of sp³-hybridized carbons (Fsp3) is 0.231. The molecule has 4 heterocycles. The first-order chi connectivity index (χ1) is 17.1. The monoisotopic (exact) mass is 483 g/mol. The van der Waals surface area contributed by atoms with E-state index < -0.39 is 0 Å². The standard InChI is InChI=1S/C26H25N7OS/c1-17-2-5-20(6-3-17)33-14-21-24(31-33)29-16-30-25(21)32-10-9-27-22(15-32)26(34)28-13-18-4-7-23-19(12-18)8-11-35-23/h2-8,11-12,14,16,22,27H,9-10,13,15H2,1H3,(H,28,34)/t22-/m1/s1. The molecule has 8 nitrogen and oxygen atoms in total. The Balaban J connectivity index is 1.18. The van der Waals surface area contributed by atoms with E-state index >= 15 is 0 Å². The molecule has 9 heteroatoms. The third-order valence-corrected chi connectivity index (χ3v) is 7.27. The van der Waals surface area contributed by atoms with Gasteiger partial charge in [-0.25, -0.2) is 14.6 Å². The van der Waals surface area contributed by atoms with Gasteiger partial charge in [0.15, 0.2) is 5.65 Å². The summed E-state index contributed by atoms with van der Waals surface area (Å²) >= 11 is 1.72. The van der Waals surface area contributed by atoms with Crippen molar-refractivity contribution < 1.29 is 4.79 Å². The van der Waals surface area contributed by atoms with E-state index in [-0.39, 0.29) is 11.9 Å². The van der Waals surface area contributed by atoms with Crippen LogP contribution in [0.3, 0.4) is 0 Å². The minimum Gasteiger partial charge on any atom is -0.353 e. The summed E-state index contributed by atoms with van der Waals surface area (Å²) in [5, 5.41) is 15.3. The molecular weight excluding hydrogens is 458 g/mol. The van der Waals surface area contributed by atoms with E-state index in [1.807, 2.05) is 23.0 Å². The van der Waals surface area contributed by atoms with E-state index in [1.165, 1.54) is 15.6 Å². The molecule has 1 atom stereocenters. The average Bonchev–Trinajstić information content (AvgIpc) is 3.54. The molecule has 0 unspecified atom stereocenters. The summed E-state index contributed by atoms with van der Waals surface area (Å²) in [5.74, 6) is 0.788. The van der Waals surface area contributed by atoms with E-state index in [0.717, 1.165) is 29.0 Å². The lowest BCUT2D eigenvalue weighted by atomic mass is 10.1. The molecule has 0 aliphatic carbocycles. The molecule has 2 aromatic carbocycles. The van der Waals surface area contributed by atoms with Crippen molar-refractivity contribution in [2.75, 3.05) is 24.5 Å². The largest absolute Gasteiger partial charge is 0.353 e. The van der Waals surface area contributed by atoms with E-state index in [2.05, 4.69) is 79.3 Å². The van der Waals surface area contributed by atoms with E-state index in [1.54, 1.807) is 17.7 Å². The van der Waals surface area contributed by atoms with E-state index in [0.29, 0.717) is 25.3 Å². The molecule has 5 aromatic rings. The molecular formula is C26H25N7OS. The second-order valence-electron chi connectivity index (χ2n) is 8.81. The molecule has 3 aromatic heterocycles. The Labute approximate surface area is 206 Å². The average molecular weight is 484 g/mol.